The van der Waals surface area contributed by atoms with Crippen LogP contribution in [0.15, 0.2) is 18.2 Å². The van der Waals surface area contributed by atoms with Gasteiger partial charge in [0.05, 0.1) is 0 Å². The Morgan fingerprint density at radius 1 is 1.53 bits per heavy atom. The number of phenols is 1. The standard InChI is InChI=1S/C11H15NO3/c1-7(12)2-3-8-4-5-10(13)9(6-8)11(14)15/h4-7,13H,2-3,12H2,1H3,(H,14,15). The molecule has 4 heteroatoms. The van der Waals surface area contributed by atoms with E-state index >= 15 is 0 Å². The predicted octanol–water partition coefficient (Wildman–Crippen LogP) is 1.37. The highest BCUT2D eigenvalue weighted by atomic mass is 16.4. The lowest BCUT2D eigenvalue weighted by Gasteiger charge is -2.06. The molecule has 82 valence electrons. The zero-order chi connectivity index (χ0) is 11.4. The van der Waals surface area contributed by atoms with Crippen molar-refractivity contribution < 1.29 is 15.0 Å². The number of benzene rings is 1. The normalized spacial score (nSPS) is 12.4. The van der Waals surface area contributed by atoms with Crippen molar-refractivity contribution in [2.24, 2.45) is 5.73 Å². The average molecular weight is 209 g/mol. The second-order valence-electron chi connectivity index (χ2n) is 3.67. The van der Waals surface area contributed by atoms with Crippen molar-refractivity contribution in [3.05, 3.63) is 29.3 Å². The molecule has 0 saturated heterocycles. The Kier molecular flexibility index (Phi) is 3.68. The van der Waals surface area contributed by atoms with Crippen LogP contribution in [-0.2, 0) is 6.42 Å². The highest BCUT2D eigenvalue weighted by Gasteiger charge is 2.10. The molecule has 15 heavy (non-hydrogen) atoms. The van der Waals surface area contributed by atoms with E-state index in [1.54, 1.807) is 6.07 Å². The Labute approximate surface area is 88.3 Å². The Morgan fingerprint density at radius 2 is 2.20 bits per heavy atom. The van der Waals surface area contributed by atoms with E-state index in [9.17, 15) is 9.90 Å². The summed E-state index contributed by atoms with van der Waals surface area (Å²) in [6, 6.07) is 4.69. The molecule has 1 aromatic rings. The molecule has 1 aromatic carbocycles. The number of carbonyl (C=O) groups is 1. The highest BCUT2D eigenvalue weighted by molar-refractivity contribution is 5.90. The molecule has 0 heterocycles. The minimum Gasteiger partial charge on any atom is -0.507 e. The first-order chi connectivity index (χ1) is 7.00. The molecule has 0 saturated carbocycles. The number of aromatic hydroxyl groups is 1. The van der Waals surface area contributed by atoms with E-state index in [0.717, 1.165) is 18.4 Å². The fourth-order valence-electron chi connectivity index (χ4n) is 1.30. The number of nitrogens with two attached hydrogens (primary N) is 1. The average Bonchev–Trinajstić information content (AvgIpc) is 2.16. The van der Waals surface area contributed by atoms with E-state index < -0.39 is 5.97 Å². The molecule has 0 spiro atoms. The van der Waals surface area contributed by atoms with E-state index in [-0.39, 0.29) is 17.4 Å². The molecular formula is C11H15NO3. The van der Waals surface area contributed by atoms with Crippen molar-refractivity contribution in [1.82, 2.24) is 0 Å². The smallest absolute Gasteiger partial charge is 0.339 e. The van der Waals surface area contributed by atoms with Gasteiger partial charge in [-0.2, -0.15) is 0 Å². The van der Waals surface area contributed by atoms with Crippen LogP contribution >= 0.6 is 0 Å². The number of carboxylic acids is 1. The van der Waals surface area contributed by atoms with Crippen LogP contribution in [0.2, 0.25) is 0 Å². The molecule has 1 atom stereocenters. The Balaban J connectivity index is 2.83. The summed E-state index contributed by atoms with van der Waals surface area (Å²) in [5, 5.41) is 18.1. The van der Waals surface area contributed by atoms with Crippen molar-refractivity contribution in [2.45, 2.75) is 25.8 Å². The van der Waals surface area contributed by atoms with Gasteiger partial charge in [0.15, 0.2) is 0 Å². The topological polar surface area (TPSA) is 83.5 Å². The molecule has 0 radical (unpaired) electrons. The van der Waals surface area contributed by atoms with Crippen molar-refractivity contribution in [3.8, 4) is 5.75 Å². The first-order valence-corrected chi connectivity index (χ1v) is 4.81. The van der Waals surface area contributed by atoms with Gasteiger partial charge >= 0.3 is 5.97 Å². The monoisotopic (exact) mass is 209 g/mol. The second-order valence-corrected chi connectivity index (χ2v) is 3.67. The van der Waals surface area contributed by atoms with Crippen LogP contribution in [0.4, 0.5) is 0 Å². The number of hydrogen-bond donors (Lipinski definition) is 3. The van der Waals surface area contributed by atoms with Gasteiger partial charge in [0.2, 0.25) is 0 Å². The zero-order valence-electron chi connectivity index (χ0n) is 8.60. The maximum atomic E-state index is 10.7. The summed E-state index contributed by atoms with van der Waals surface area (Å²) in [7, 11) is 0. The minimum atomic E-state index is -1.12. The molecule has 4 N–H and O–H groups in total. The zero-order valence-corrected chi connectivity index (χ0v) is 8.60. The van der Waals surface area contributed by atoms with E-state index in [1.807, 2.05) is 6.92 Å². The number of rotatable bonds is 4. The van der Waals surface area contributed by atoms with E-state index in [1.165, 1.54) is 12.1 Å². The Morgan fingerprint density at radius 3 is 2.73 bits per heavy atom. The molecule has 0 aliphatic heterocycles. The highest BCUT2D eigenvalue weighted by Crippen LogP contribution is 2.19. The molecule has 0 bridgehead atoms. The first kappa shape index (κ1) is 11.5. The van der Waals surface area contributed by atoms with Crippen molar-refractivity contribution in [3.63, 3.8) is 0 Å². The van der Waals surface area contributed by atoms with Gasteiger partial charge in [-0.25, -0.2) is 4.79 Å². The SMILES string of the molecule is CC(N)CCc1ccc(O)c(C(=O)O)c1. The van der Waals surface area contributed by atoms with Crippen molar-refractivity contribution in [1.29, 1.82) is 0 Å². The number of aryl methyl sites for hydroxylation is 1. The van der Waals surface area contributed by atoms with Crippen LogP contribution in [0.1, 0.15) is 29.3 Å². The van der Waals surface area contributed by atoms with Gasteiger partial charge in [-0.05, 0) is 37.5 Å². The van der Waals surface area contributed by atoms with Gasteiger partial charge in [0, 0.05) is 6.04 Å². The lowest BCUT2D eigenvalue weighted by atomic mass is 10.0. The Bertz CT molecular complexity index is 361. The third-order valence-corrected chi connectivity index (χ3v) is 2.18. The van der Waals surface area contributed by atoms with E-state index in [0.29, 0.717) is 0 Å². The van der Waals surface area contributed by atoms with Gasteiger partial charge in [-0.3, -0.25) is 0 Å². The van der Waals surface area contributed by atoms with Gasteiger partial charge in [0.1, 0.15) is 11.3 Å². The predicted molar refractivity (Wildman–Crippen MR) is 57.0 cm³/mol. The summed E-state index contributed by atoms with van der Waals surface area (Å²) in [6.07, 6.45) is 1.52. The summed E-state index contributed by atoms with van der Waals surface area (Å²) in [4.78, 5) is 10.7. The van der Waals surface area contributed by atoms with Gasteiger partial charge in [-0.15, -0.1) is 0 Å². The molecule has 1 rings (SSSR count). The van der Waals surface area contributed by atoms with Crippen LogP contribution in [0.3, 0.4) is 0 Å². The third-order valence-electron chi connectivity index (χ3n) is 2.18. The molecule has 0 fully saturated rings. The quantitative estimate of drug-likeness (QED) is 0.699. The van der Waals surface area contributed by atoms with Crippen LogP contribution < -0.4 is 5.73 Å². The summed E-state index contributed by atoms with van der Waals surface area (Å²) in [5.41, 5.74) is 6.42. The maximum absolute atomic E-state index is 10.7. The van der Waals surface area contributed by atoms with Crippen LogP contribution in [0.5, 0.6) is 5.75 Å². The van der Waals surface area contributed by atoms with Crippen LogP contribution in [0.25, 0.3) is 0 Å². The van der Waals surface area contributed by atoms with Crippen molar-refractivity contribution in [2.75, 3.05) is 0 Å². The molecule has 1 unspecified atom stereocenters. The van der Waals surface area contributed by atoms with Crippen LogP contribution in [-0.4, -0.2) is 22.2 Å². The van der Waals surface area contributed by atoms with Gasteiger partial charge in [0.25, 0.3) is 0 Å². The summed E-state index contributed by atoms with van der Waals surface area (Å²) >= 11 is 0. The van der Waals surface area contributed by atoms with E-state index in [4.69, 9.17) is 10.8 Å². The van der Waals surface area contributed by atoms with Gasteiger partial charge < -0.3 is 15.9 Å². The maximum Gasteiger partial charge on any atom is 0.339 e. The molecule has 0 amide bonds. The van der Waals surface area contributed by atoms with Gasteiger partial charge in [-0.1, -0.05) is 6.07 Å². The molecule has 0 aromatic heterocycles. The first-order valence-electron chi connectivity index (χ1n) is 4.81. The fourth-order valence-corrected chi connectivity index (χ4v) is 1.30. The summed E-state index contributed by atoms with van der Waals surface area (Å²) in [6.45, 7) is 1.90. The fraction of sp³-hybridized carbons (Fsp3) is 0.364. The van der Waals surface area contributed by atoms with E-state index in [2.05, 4.69) is 0 Å². The number of hydrogen-bond acceptors (Lipinski definition) is 3. The molecule has 4 nitrogen and oxygen atoms in total. The number of aromatic carboxylic acids is 1. The Hall–Kier alpha value is -1.55. The largest absolute Gasteiger partial charge is 0.507 e. The third kappa shape index (κ3) is 3.25. The molecular weight excluding hydrogens is 194 g/mol. The number of carboxylic acid groups (broad SMARTS) is 1. The van der Waals surface area contributed by atoms with Crippen molar-refractivity contribution >= 4 is 5.97 Å². The lowest BCUT2D eigenvalue weighted by Crippen LogP contribution is -2.15. The second kappa shape index (κ2) is 4.79. The van der Waals surface area contributed by atoms with Crippen LogP contribution in [0, 0.1) is 0 Å². The summed E-state index contributed by atoms with van der Waals surface area (Å²) in [5.74, 6) is -1.32. The summed E-state index contributed by atoms with van der Waals surface area (Å²) < 4.78 is 0. The molecule has 0 aliphatic carbocycles. The lowest BCUT2D eigenvalue weighted by molar-refractivity contribution is 0.0693. The molecule has 0 aliphatic rings. The minimum absolute atomic E-state index is 0.0582.